The molecule has 0 saturated heterocycles. The van der Waals surface area contributed by atoms with E-state index in [1.807, 2.05) is 31.3 Å². The van der Waals surface area contributed by atoms with Crippen molar-refractivity contribution < 1.29 is 4.79 Å². The van der Waals surface area contributed by atoms with Gasteiger partial charge in [0.25, 0.3) is 5.91 Å². The lowest BCUT2D eigenvalue weighted by Gasteiger charge is -2.17. The number of carbonyl (C=O) groups is 1. The van der Waals surface area contributed by atoms with Crippen molar-refractivity contribution in [2.24, 2.45) is 10.9 Å². The van der Waals surface area contributed by atoms with Crippen LogP contribution < -0.4 is 10.1 Å². The molecule has 4 nitrogen and oxygen atoms in total. The Morgan fingerprint density at radius 2 is 2.00 bits per heavy atom. The van der Waals surface area contributed by atoms with Crippen LogP contribution in [0, 0.1) is 12.8 Å². The minimum Gasteiger partial charge on any atom is -0.387 e. The van der Waals surface area contributed by atoms with E-state index in [9.17, 15) is 4.79 Å². The summed E-state index contributed by atoms with van der Waals surface area (Å²) in [5.41, 5.74) is 2.73. The number of hydrogen-bond donors (Lipinski definition) is 1. The summed E-state index contributed by atoms with van der Waals surface area (Å²) in [6.07, 6.45) is 2.56. The molecule has 1 heterocycles. The van der Waals surface area contributed by atoms with Gasteiger partial charge in [-0.2, -0.15) is 4.99 Å². The predicted octanol–water partition coefficient (Wildman–Crippen LogP) is 4.35. The summed E-state index contributed by atoms with van der Waals surface area (Å²) in [6, 6.07) is 7.53. The summed E-state index contributed by atoms with van der Waals surface area (Å²) < 4.78 is 2.25. The first kappa shape index (κ1) is 17.9. The highest BCUT2D eigenvalue weighted by molar-refractivity contribution is 7.09. The largest absolute Gasteiger partial charge is 0.387 e. The molecule has 1 aliphatic carbocycles. The number of thiazole rings is 1. The van der Waals surface area contributed by atoms with Gasteiger partial charge in [-0.15, -0.1) is 11.3 Å². The van der Waals surface area contributed by atoms with Gasteiger partial charge in [0.15, 0.2) is 4.80 Å². The molecule has 1 aromatic carbocycles. The number of aromatic nitrogens is 1. The van der Waals surface area contributed by atoms with Crippen LogP contribution in [0.25, 0.3) is 0 Å². The van der Waals surface area contributed by atoms with Crippen LogP contribution in [0.4, 0.5) is 5.69 Å². The average molecular weight is 358 g/mol. The summed E-state index contributed by atoms with van der Waals surface area (Å²) >= 11 is 1.65. The molecule has 0 unspecified atom stereocenters. The molecule has 1 N–H and O–H groups in total. The molecule has 1 aromatic heterocycles. The van der Waals surface area contributed by atoms with Crippen molar-refractivity contribution in [3.05, 3.63) is 45.2 Å². The molecule has 0 spiro atoms. The first-order valence-electron chi connectivity index (χ1n) is 8.88. The highest BCUT2D eigenvalue weighted by atomic mass is 32.1. The molecule has 1 saturated carbocycles. The van der Waals surface area contributed by atoms with Crippen LogP contribution >= 0.6 is 11.3 Å². The number of hydrogen-bond acceptors (Lipinski definition) is 3. The summed E-state index contributed by atoms with van der Waals surface area (Å²) in [7, 11) is 1.83. The summed E-state index contributed by atoms with van der Waals surface area (Å²) in [5.74, 6) is 0.552. The number of anilines is 1. The van der Waals surface area contributed by atoms with Crippen LogP contribution in [0.5, 0.6) is 0 Å². The Balaban J connectivity index is 2.08. The van der Waals surface area contributed by atoms with Gasteiger partial charge in [-0.25, -0.2) is 0 Å². The van der Waals surface area contributed by atoms with Crippen molar-refractivity contribution in [3.63, 3.8) is 0 Å². The summed E-state index contributed by atoms with van der Waals surface area (Å²) in [6.45, 7) is 9.78. The maximum atomic E-state index is 12.8. The third-order valence-corrected chi connectivity index (χ3v) is 6.21. The Labute approximate surface area is 153 Å². The van der Waals surface area contributed by atoms with E-state index in [1.165, 1.54) is 23.4 Å². The van der Waals surface area contributed by atoms with E-state index < -0.39 is 0 Å². The van der Waals surface area contributed by atoms with Gasteiger partial charge in [-0.1, -0.05) is 32.9 Å². The number of benzene rings is 1. The zero-order valence-electron chi connectivity index (χ0n) is 15.7. The van der Waals surface area contributed by atoms with Crippen LogP contribution in [0.1, 0.15) is 54.5 Å². The van der Waals surface area contributed by atoms with Crippen molar-refractivity contribution in [3.8, 4) is 0 Å². The highest BCUT2D eigenvalue weighted by Crippen LogP contribution is 2.33. The van der Waals surface area contributed by atoms with Crippen LogP contribution in [0.2, 0.25) is 0 Å². The number of nitrogens with one attached hydrogen (secondary N) is 1. The third kappa shape index (κ3) is 3.87. The Morgan fingerprint density at radius 1 is 1.32 bits per heavy atom. The van der Waals surface area contributed by atoms with Crippen molar-refractivity contribution in [2.75, 3.05) is 12.4 Å². The SMILES string of the molecule is CNc1ccccc1C(=O)N=c1sc(C(C)(C)C)c(C)n1CC1CC1. The van der Waals surface area contributed by atoms with E-state index >= 15 is 0 Å². The molecule has 2 aromatic rings. The zero-order chi connectivity index (χ0) is 18.2. The van der Waals surface area contributed by atoms with Crippen LogP contribution in [-0.4, -0.2) is 17.5 Å². The van der Waals surface area contributed by atoms with Gasteiger partial charge < -0.3 is 9.88 Å². The highest BCUT2D eigenvalue weighted by Gasteiger charge is 2.27. The lowest BCUT2D eigenvalue weighted by Crippen LogP contribution is -2.20. The molecule has 5 heteroatoms. The summed E-state index contributed by atoms with van der Waals surface area (Å²) in [5, 5.41) is 3.08. The normalized spacial score (nSPS) is 15.5. The van der Waals surface area contributed by atoms with Crippen LogP contribution in [0.3, 0.4) is 0 Å². The molecule has 25 heavy (non-hydrogen) atoms. The molecule has 1 amide bonds. The number of amides is 1. The average Bonchev–Trinajstić information content (AvgIpc) is 3.33. The van der Waals surface area contributed by atoms with E-state index in [1.54, 1.807) is 11.3 Å². The first-order valence-corrected chi connectivity index (χ1v) is 9.69. The molecule has 0 aliphatic heterocycles. The minimum atomic E-state index is -0.184. The number of carbonyl (C=O) groups excluding carboxylic acids is 1. The quantitative estimate of drug-likeness (QED) is 0.884. The fourth-order valence-corrected chi connectivity index (χ4v) is 4.27. The second-order valence-electron chi connectivity index (χ2n) is 7.82. The standard InChI is InChI=1S/C20H27N3OS/c1-13-17(20(2,3)4)25-19(23(13)12-14-10-11-14)22-18(24)15-8-6-7-9-16(15)21-5/h6-9,14,21H,10-12H2,1-5H3. The maximum Gasteiger partial charge on any atom is 0.281 e. The van der Waals surface area contributed by atoms with E-state index in [0.29, 0.717) is 5.56 Å². The van der Waals surface area contributed by atoms with Crippen molar-refractivity contribution in [1.82, 2.24) is 4.57 Å². The monoisotopic (exact) mass is 357 g/mol. The third-order valence-electron chi connectivity index (χ3n) is 4.60. The lowest BCUT2D eigenvalue weighted by molar-refractivity contribution is 0.0998. The zero-order valence-corrected chi connectivity index (χ0v) is 16.5. The van der Waals surface area contributed by atoms with Gasteiger partial charge in [0, 0.05) is 29.9 Å². The number of para-hydroxylation sites is 1. The van der Waals surface area contributed by atoms with Crippen molar-refractivity contribution in [1.29, 1.82) is 0 Å². The van der Waals surface area contributed by atoms with E-state index in [0.717, 1.165) is 23.0 Å². The van der Waals surface area contributed by atoms with Crippen molar-refractivity contribution in [2.45, 2.75) is 52.5 Å². The minimum absolute atomic E-state index is 0.0553. The van der Waals surface area contributed by atoms with Gasteiger partial charge >= 0.3 is 0 Å². The Bertz CT molecular complexity index is 851. The second kappa shape index (κ2) is 6.79. The van der Waals surface area contributed by atoms with Crippen LogP contribution in [-0.2, 0) is 12.0 Å². The molecule has 1 fully saturated rings. The van der Waals surface area contributed by atoms with E-state index in [-0.39, 0.29) is 11.3 Å². The van der Waals surface area contributed by atoms with Crippen molar-refractivity contribution >= 4 is 22.9 Å². The second-order valence-corrected chi connectivity index (χ2v) is 8.79. The molecular formula is C20H27N3OS. The van der Waals surface area contributed by atoms with Gasteiger partial charge in [0.2, 0.25) is 0 Å². The van der Waals surface area contributed by atoms with Gasteiger partial charge in [0.1, 0.15) is 0 Å². The summed E-state index contributed by atoms with van der Waals surface area (Å²) in [4.78, 5) is 19.5. The fraction of sp³-hybridized carbons (Fsp3) is 0.500. The Kier molecular flexibility index (Phi) is 4.87. The number of rotatable bonds is 4. The molecule has 0 atom stereocenters. The molecule has 1 aliphatic rings. The van der Waals surface area contributed by atoms with Gasteiger partial charge in [0.05, 0.1) is 5.56 Å². The Morgan fingerprint density at radius 3 is 2.60 bits per heavy atom. The maximum absolute atomic E-state index is 12.8. The molecule has 134 valence electrons. The van der Waals surface area contributed by atoms with E-state index in [4.69, 9.17) is 0 Å². The molecule has 0 radical (unpaired) electrons. The molecule has 3 rings (SSSR count). The molecular weight excluding hydrogens is 330 g/mol. The Hall–Kier alpha value is -1.88. The number of nitrogens with zero attached hydrogens (tertiary/aromatic N) is 2. The first-order chi connectivity index (χ1) is 11.8. The van der Waals surface area contributed by atoms with E-state index in [2.05, 4.69) is 42.6 Å². The lowest BCUT2D eigenvalue weighted by atomic mass is 9.93. The fourth-order valence-electron chi connectivity index (χ4n) is 3.07. The topological polar surface area (TPSA) is 46.4 Å². The smallest absolute Gasteiger partial charge is 0.281 e. The van der Waals surface area contributed by atoms with Crippen LogP contribution in [0.15, 0.2) is 29.3 Å². The molecule has 0 bridgehead atoms. The van der Waals surface area contributed by atoms with Gasteiger partial charge in [-0.05, 0) is 43.2 Å². The predicted molar refractivity (Wildman–Crippen MR) is 104 cm³/mol. The van der Waals surface area contributed by atoms with Gasteiger partial charge in [-0.3, -0.25) is 4.79 Å².